The fraction of sp³-hybridized carbons (Fsp3) is 0.600. The van der Waals surface area contributed by atoms with E-state index in [1.54, 1.807) is 19.2 Å². The number of pyridine rings is 1. The minimum absolute atomic E-state index is 0.182. The van der Waals surface area contributed by atoms with Crippen LogP contribution in [-0.2, 0) is 0 Å². The summed E-state index contributed by atoms with van der Waals surface area (Å²) in [5, 5.41) is 6.39. The second-order valence-corrected chi connectivity index (χ2v) is 6.16. The van der Waals surface area contributed by atoms with Crippen LogP contribution in [0.1, 0.15) is 43.6 Å². The van der Waals surface area contributed by atoms with Gasteiger partial charge in [-0.2, -0.15) is 0 Å². The minimum Gasteiger partial charge on any atom is -0.373 e. The molecule has 110 valence electrons. The second kappa shape index (κ2) is 6.44. The normalized spacial score (nSPS) is 26.1. The van der Waals surface area contributed by atoms with Gasteiger partial charge in [0.25, 0.3) is 5.91 Å². The zero-order valence-corrected chi connectivity index (χ0v) is 13.0. The van der Waals surface area contributed by atoms with Crippen LogP contribution < -0.4 is 10.6 Å². The SMILES string of the molecule is CNc1ccc(Cl)c(C(=O)NC2CCC(C)CC2C)n1. The number of aromatic nitrogens is 1. The van der Waals surface area contributed by atoms with Gasteiger partial charge >= 0.3 is 0 Å². The molecule has 1 fully saturated rings. The van der Waals surface area contributed by atoms with Crippen molar-refractivity contribution in [2.45, 2.75) is 39.2 Å². The first-order valence-electron chi connectivity index (χ1n) is 7.16. The molecule has 3 unspecified atom stereocenters. The van der Waals surface area contributed by atoms with Crippen LogP contribution in [0.2, 0.25) is 5.02 Å². The number of amides is 1. The maximum Gasteiger partial charge on any atom is 0.271 e. The Morgan fingerprint density at radius 2 is 2.10 bits per heavy atom. The molecule has 4 nitrogen and oxygen atoms in total. The molecule has 2 N–H and O–H groups in total. The van der Waals surface area contributed by atoms with Crippen LogP contribution in [0, 0.1) is 11.8 Å². The summed E-state index contributed by atoms with van der Waals surface area (Å²) in [5.41, 5.74) is 0.296. The summed E-state index contributed by atoms with van der Waals surface area (Å²) in [7, 11) is 1.77. The summed E-state index contributed by atoms with van der Waals surface area (Å²) in [6, 6.07) is 3.67. The Balaban J connectivity index is 2.08. The van der Waals surface area contributed by atoms with Crippen LogP contribution in [0.3, 0.4) is 0 Å². The predicted octanol–water partition coefficient (Wildman–Crippen LogP) is 3.33. The Labute approximate surface area is 125 Å². The Bertz CT molecular complexity index is 492. The monoisotopic (exact) mass is 295 g/mol. The molecule has 0 radical (unpaired) electrons. The summed E-state index contributed by atoms with van der Waals surface area (Å²) in [5.74, 6) is 1.70. The standard InChI is InChI=1S/C15H22ClN3O/c1-9-4-6-12(10(2)8-9)18-15(20)14-11(16)5-7-13(17-3)19-14/h5,7,9-10,12H,4,6,8H2,1-3H3,(H,17,19)(H,18,20). The molecule has 1 saturated carbocycles. The number of hydrogen-bond donors (Lipinski definition) is 2. The first-order chi connectivity index (χ1) is 9.51. The third-order valence-electron chi connectivity index (χ3n) is 4.07. The highest BCUT2D eigenvalue weighted by atomic mass is 35.5. The Hall–Kier alpha value is -1.29. The van der Waals surface area contributed by atoms with Crippen LogP contribution in [0.5, 0.6) is 0 Å². The first kappa shape index (κ1) is 15.1. The Kier molecular flexibility index (Phi) is 4.86. The van der Waals surface area contributed by atoms with Crippen molar-refractivity contribution in [1.29, 1.82) is 0 Å². The zero-order chi connectivity index (χ0) is 14.7. The van der Waals surface area contributed by atoms with E-state index >= 15 is 0 Å². The number of hydrogen-bond acceptors (Lipinski definition) is 3. The first-order valence-corrected chi connectivity index (χ1v) is 7.54. The maximum atomic E-state index is 12.3. The van der Waals surface area contributed by atoms with Gasteiger partial charge < -0.3 is 10.6 Å². The number of nitrogens with zero attached hydrogens (tertiary/aromatic N) is 1. The average molecular weight is 296 g/mol. The molecule has 0 spiro atoms. The smallest absolute Gasteiger partial charge is 0.271 e. The van der Waals surface area contributed by atoms with E-state index in [0.717, 1.165) is 25.2 Å². The highest BCUT2D eigenvalue weighted by molar-refractivity contribution is 6.33. The highest BCUT2D eigenvalue weighted by Gasteiger charge is 2.27. The van der Waals surface area contributed by atoms with Gasteiger partial charge in [-0.25, -0.2) is 4.98 Å². The maximum absolute atomic E-state index is 12.3. The van der Waals surface area contributed by atoms with E-state index in [0.29, 0.717) is 22.5 Å². The number of halogens is 1. The molecule has 1 aromatic rings. The van der Waals surface area contributed by atoms with Gasteiger partial charge in [-0.15, -0.1) is 0 Å². The summed E-state index contributed by atoms with van der Waals surface area (Å²) >= 11 is 6.07. The lowest BCUT2D eigenvalue weighted by atomic mass is 9.80. The minimum atomic E-state index is -0.182. The van der Waals surface area contributed by atoms with Gasteiger partial charge in [0.2, 0.25) is 0 Å². The number of nitrogens with one attached hydrogen (secondary N) is 2. The fourth-order valence-electron chi connectivity index (χ4n) is 2.86. The third kappa shape index (κ3) is 3.42. The van der Waals surface area contributed by atoms with Gasteiger partial charge in [-0.05, 0) is 43.2 Å². The van der Waals surface area contributed by atoms with Crippen molar-refractivity contribution in [2.75, 3.05) is 12.4 Å². The van der Waals surface area contributed by atoms with Crippen LogP contribution in [-0.4, -0.2) is 24.0 Å². The van der Waals surface area contributed by atoms with E-state index in [-0.39, 0.29) is 11.9 Å². The molecule has 1 heterocycles. The summed E-state index contributed by atoms with van der Waals surface area (Å²) < 4.78 is 0. The van der Waals surface area contributed by atoms with Crippen LogP contribution in [0.15, 0.2) is 12.1 Å². The molecule has 0 bridgehead atoms. The van der Waals surface area contributed by atoms with Gasteiger partial charge in [-0.3, -0.25) is 4.79 Å². The van der Waals surface area contributed by atoms with Crippen LogP contribution in [0.4, 0.5) is 5.82 Å². The van der Waals surface area contributed by atoms with E-state index in [4.69, 9.17) is 11.6 Å². The summed E-state index contributed by atoms with van der Waals surface area (Å²) in [4.78, 5) is 16.6. The molecular weight excluding hydrogens is 274 g/mol. The van der Waals surface area contributed by atoms with Gasteiger partial charge in [-0.1, -0.05) is 25.4 Å². The molecule has 1 aliphatic carbocycles. The summed E-state index contributed by atoms with van der Waals surface area (Å²) in [6.07, 6.45) is 3.34. The average Bonchev–Trinajstić information content (AvgIpc) is 2.42. The quantitative estimate of drug-likeness (QED) is 0.899. The molecule has 0 aliphatic heterocycles. The van der Waals surface area contributed by atoms with Gasteiger partial charge in [0.05, 0.1) is 5.02 Å². The largest absolute Gasteiger partial charge is 0.373 e. The van der Waals surface area contributed by atoms with Crippen molar-refractivity contribution in [2.24, 2.45) is 11.8 Å². The molecule has 2 rings (SSSR count). The molecule has 1 aliphatic rings. The molecule has 0 saturated heterocycles. The number of rotatable bonds is 3. The van der Waals surface area contributed by atoms with Crippen LogP contribution in [0.25, 0.3) is 0 Å². The summed E-state index contributed by atoms with van der Waals surface area (Å²) in [6.45, 7) is 4.46. The molecular formula is C15H22ClN3O. The lowest BCUT2D eigenvalue weighted by molar-refractivity contribution is 0.0895. The lowest BCUT2D eigenvalue weighted by Crippen LogP contribution is -2.42. The van der Waals surface area contributed by atoms with E-state index in [1.165, 1.54) is 0 Å². The molecule has 1 amide bonds. The highest BCUT2D eigenvalue weighted by Crippen LogP contribution is 2.29. The number of carbonyl (C=O) groups excluding carboxylic acids is 1. The van der Waals surface area contributed by atoms with Gasteiger partial charge in [0.15, 0.2) is 0 Å². The molecule has 5 heteroatoms. The Morgan fingerprint density at radius 3 is 2.75 bits per heavy atom. The van der Waals surface area contributed by atoms with Crippen molar-refractivity contribution in [3.05, 3.63) is 22.8 Å². The van der Waals surface area contributed by atoms with Gasteiger partial charge in [0, 0.05) is 13.1 Å². The van der Waals surface area contributed by atoms with Gasteiger partial charge in [0.1, 0.15) is 11.5 Å². The number of anilines is 1. The second-order valence-electron chi connectivity index (χ2n) is 5.75. The van der Waals surface area contributed by atoms with Crippen molar-refractivity contribution in [3.8, 4) is 0 Å². The van der Waals surface area contributed by atoms with E-state index in [9.17, 15) is 4.79 Å². The van der Waals surface area contributed by atoms with Crippen molar-refractivity contribution in [1.82, 2.24) is 10.3 Å². The van der Waals surface area contributed by atoms with E-state index in [2.05, 4.69) is 29.5 Å². The fourth-order valence-corrected chi connectivity index (χ4v) is 3.05. The molecule has 3 atom stereocenters. The number of carbonyl (C=O) groups is 1. The lowest BCUT2D eigenvalue weighted by Gasteiger charge is -2.33. The molecule has 0 aromatic carbocycles. The van der Waals surface area contributed by atoms with Crippen molar-refractivity contribution < 1.29 is 4.79 Å². The molecule has 1 aromatic heterocycles. The van der Waals surface area contributed by atoms with Crippen molar-refractivity contribution in [3.63, 3.8) is 0 Å². The predicted molar refractivity (Wildman–Crippen MR) is 82.2 cm³/mol. The van der Waals surface area contributed by atoms with Crippen LogP contribution >= 0.6 is 11.6 Å². The Morgan fingerprint density at radius 1 is 1.35 bits per heavy atom. The van der Waals surface area contributed by atoms with E-state index < -0.39 is 0 Å². The molecule has 20 heavy (non-hydrogen) atoms. The topological polar surface area (TPSA) is 54.0 Å². The van der Waals surface area contributed by atoms with Crippen molar-refractivity contribution >= 4 is 23.3 Å². The zero-order valence-electron chi connectivity index (χ0n) is 12.2. The van der Waals surface area contributed by atoms with E-state index in [1.807, 2.05) is 0 Å². The third-order valence-corrected chi connectivity index (χ3v) is 4.37.